The first-order valence-electron chi connectivity index (χ1n) is 11.4. The average molecular weight is 447 g/mol. The van der Waals surface area contributed by atoms with E-state index in [1.807, 2.05) is 74.8 Å². The quantitative estimate of drug-likeness (QED) is 0.243. The fourth-order valence-corrected chi connectivity index (χ4v) is 3.58. The van der Waals surface area contributed by atoms with Crippen LogP contribution in [0.3, 0.4) is 0 Å². The van der Waals surface area contributed by atoms with Gasteiger partial charge in [-0.15, -0.1) is 0 Å². The highest BCUT2D eigenvalue weighted by atomic mass is 15.3. The van der Waals surface area contributed by atoms with Gasteiger partial charge in [-0.1, -0.05) is 71.8 Å². The van der Waals surface area contributed by atoms with Crippen molar-refractivity contribution in [1.82, 2.24) is 0 Å². The van der Waals surface area contributed by atoms with Gasteiger partial charge in [-0.05, 0) is 62.4 Å². The van der Waals surface area contributed by atoms with Crippen LogP contribution in [-0.4, -0.2) is 25.8 Å². The maximum Gasteiger partial charge on any atom is 0.177 e. The lowest BCUT2D eigenvalue weighted by Crippen LogP contribution is -2.42. The number of anilines is 2. The molecule has 0 saturated carbocycles. The van der Waals surface area contributed by atoms with Crippen LogP contribution in [0.25, 0.3) is 0 Å². The number of hydrogen-bond donors (Lipinski definition) is 0. The van der Waals surface area contributed by atoms with Gasteiger partial charge in [0.15, 0.2) is 11.7 Å². The minimum Gasteiger partial charge on any atom is -0.326 e. The summed E-state index contributed by atoms with van der Waals surface area (Å²) in [5.41, 5.74) is 6.22. The molecule has 0 aliphatic rings. The molecule has 0 saturated heterocycles. The van der Waals surface area contributed by atoms with E-state index >= 15 is 0 Å². The Hall–Kier alpha value is -4.18. The number of nitrogens with zero attached hydrogens (tertiary/aromatic N) is 4. The van der Waals surface area contributed by atoms with Crippen LogP contribution in [0.15, 0.2) is 119 Å². The monoisotopic (exact) mass is 446 g/mol. The van der Waals surface area contributed by atoms with E-state index < -0.39 is 0 Å². The topological polar surface area (TPSA) is 31.2 Å². The van der Waals surface area contributed by atoms with Crippen molar-refractivity contribution in [2.75, 3.05) is 23.9 Å². The minimum absolute atomic E-state index is 0.752. The SMILES string of the molecule is Cc1ccc(N=C(C(=Nc2ccc(C)cc2)N(C)c2ccccc2)N(C)c2ccccc2)cc1. The van der Waals surface area contributed by atoms with E-state index in [0.29, 0.717) is 0 Å². The van der Waals surface area contributed by atoms with E-state index in [1.165, 1.54) is 11.1 Å². The predicted molar refractivity (Wildman–Crippen MR) is 146 cm³/mol. The summed E-state index contributed by atoms with van der Waals surface area (Å²) in [4.78, 5) is 14.4. The summed E-state index contributed by atoms with van der Waals surface area (Å²) >= 11 is 0. The van der Waals surface area contributed by atoms with Crippen LogP contribution in [0.4, 0.5) is 22.7 Å². The van der Waals surface area contributed by atoms with Crippen molar-refractivity contribution >= 4 is 34.4 Å². The molecule has 4 nitrogen and oxygen atoms in total. The molecule has 0 unspecified atom stereocenters. The third kappa shape index (κ3) is 5.59. The Morgan fingerprint density at radius 1 is 0.471 bits per heavy atom. The summed E-state index contributed by atoms with van der Waals surface area (Å²) in [6.07, 6.45) is 0. The van der Waals surface area contributed by atoms with Gasteiger partial charge in [-0.2, -0.15) is 0 Å². The number of aliphatic imine (C=N–C) groups is 2. The molecule has 4 rings (SSSR count). The van der Waals surface area contributed by atoms with Crippen molar-refractivity contribution in [3.05, 3.63) is 120 Å². The summed E-state index contributed by atoms with van der Waals surface area (Å²) in [7, 11) is 4.07. The van der Waals surface area contributed by atoms with Gasteiger partial charge < -0.3 is 9.80 Å². The molecule has 0 atom stereocenters. The Bertz CT molecular complexity index is 1160. The maximum atomic E-state index is 5.11. The molecule has 0 N–H and O–H groups in total. The Kier molecular flexibility index (Phi) is 7.19. The highest BCUT2D eigenvalue weighted by Crippen LogP contribution is 2.23. The number of rotatable bonds is 4. The molecule has 0 aromatic heterocycles. The Morgan fingerprint density at radius 3 is 1.12 bits per heavy atom. The Balaban J connectivity index is 1.90. The van der Waals surface area contributed by atoms with Crippen molar-refractivity contribution < 1.29 is 0 Å². The van der Waals surface area contributed by atoms with Gasteiger partial charge in [0, 0.05) is 25.5 Å². The summed E-state index contributed by atoms with van der Waals surface area (Å²) < 4.78 is 0. The van der Waals surface area contributed by atoms with Crippen LogP contribution < -0.4 is 9.80 Å². The lowest BCUT2D eigenvalue weighted by Gasteiger charge is -2.28. The fourth-order valence-electron chi connectivity index (χ4n) is 3.58. The largest absolute Gasteiger partial charge is 0.326 e. The van der Waals surface area contributed by atoms with Crippen molar-refractivity contribution in [3.63, 3.8) is 0 Å². The van der Waals surface area contributed by atoms with Crippen LogP contribution in [0.2, 0.25) is 0 Å². The summed E-state index contributed by atoms with van der Waals surface area (Å²) in [5, 5.41) is 0. The maximum absolute atomic E-state index is 5.11. The van der Waals surface area contributed by atoms with Crippen molar-refractivity contribution in [3.8, 4) is 0 Å². The van der Waals surface area contributed by atoms with Crippen molar-refractivity contribution in [1.29, 1.82) is 0 Å². The van der Waals surface area contributed by atoms with E-state index in [1.54, 1.807) is 0 Å². The minimum atomic E-state index is 0.752. The highest BCUT2D eigenvalue weighted by molar-refractivity contribution is 6.50. The zero-order chi connectivity index (χ0) is 23.9. The lowest BCUT2D eigenvalue weighted by atomic mass is 10.2. The number of likely N-dealkylation sites (N-methyl/N-ethyl adjacent to an activating group) is 2. The number of benzene rings is 4. The average Bonchev–Trinajstić information content (AvgIpc) is 2.88. The molecule has 0 fully saturated rings. The first kappa shape index (κ1) is 23.0. The third-order valence-electron chi connectivity index (χ3n) is 5.66. The standard InChI is InChI=1S/C30H30N4/c1-23-15-19-25(20-16-23)31-29(33(3)27-11-7-5-8-12-27)30(32-26-21-17-24(2)18-22-26)34(4)28-13-9-6-10-14-28/h5-22H,1-4H3. The molecule has 0 amide bonds. The van der Waals surface area contributed by atoms with Crippen molar-refractivity contribution in [2.24, 2.45) is 9.98 Å². The third-order valence-corrected chi connectivity index (χ3v) is 5.66. The second-order valence-corrected chi connectivity index (χ2v) is 8.33. The molecule has 4 heteroatoms. The van der Waals surface area contributed by atoms with Gasteiger partial charge >= 0.3 is 0 Å². The highest BCUT2D eigenvalue weighted by Gasteiger charge is 2.21. The van der Waals surface area contributed by atoms with Gasteiger partial charge in [-0.3, -0.25) is 0 Å². The Labute approximate surface area is 202 Å². The molecule has 0 spiro atoms. The van der Waals surface area contributed by atoms with Crippen molar-refractivity contribution in [2.45, 2.75) is 13.8 Å². The first-order chi connectivity index (χ1) is 16.5. The predicted octanol–water partition coefficient (Wildman–Crippen LogP) is 7.34. The lowest BCUT2D eigenvalue weighted by molar-refractivity contribution is 1.21. The molecular weight excluding hydrogens is 416 g/mol. The van der Waals surface area contributed by atoms with Gasteiger partial charge in [0.05, 0.1) is 11.4 Å². The molecule has 34 heavy (non-hydrogen) atoms. The normalized spacial score (nSPS) is 11.9. The van der Waals surface area contributed by atoms with Crippen LogP contribution in [0.1, 0.15) is 11.1 Å². The summed E-state index contributed by atoms with van der Waals surface area (Å²) in [6.45, 7) is 4.16. The molecule has 0 heterocycles. The number of aryl methyl sites for hydroxylation is 2. The molecule has 0 bridgehead atoms. The number of hydrogen-bond acceptors (Lipinski definition) is 2. The summed E-state index contributed by atoms with van der Waals surface area (Å²) in [5.74, 6) is 1.50. The molecule has 4 aromatic carbocycles. The molecule has 4 aromatic rings. The smallest absolute Gasteiger partial charge is 0.177 e. The number of amidine groups is 2. The number of para-hydroxylation sites is 2. The molecule has 170 valence electrons. The van der Waals surface area contributed by atoms with E-state index in [2.05, 4.69) is 72.2 Å². The van der Waals surface area contributed by atoms with Gasteiger partial charge in [0.1, 0.15) is 0 Å². The van der Waals surface area contributed by atoms with Gasteiger partial charge in [0.25, 0.3) is 0 Å². The van der Waals surface area contributed by atoms with E-state index in [4.69, 9.17) is 9.98 Å². The zero-order valence-corrected chi connectivity index (χ0v) is 20.2. The first-order valence-corrected chi connectivity index (χ1v) is 11.4. The second-order valence-electron chi connectivity index (χ2n) is 8.33. The fraction of sp³-hybridized carbons (Fsp3) is 0.133. The zero-order valence-electron chi connectivity index (χ0n) is 20.2. The van der Waals surface area contributed by atoms with E-state index in [-0.39, 0.29) is 0 Å². The molecular formula is C30H30N4. The van der Waals surface area contributed by atoms with E-state index in [0.717, 1.165) is 34.4 Å². The molecule has 0 aliphatic carbocycles. The van der Waals surface area contributed by atoms with Crippen LogP contribution in [0, 0.1) is 13.8 Å². The van der Waals surface area contributed by atoms with Gasteiger partial charge in [-0.25, -0.2) is 9.98 Å². The van der Waals surface area contributed by atoms with Crippen LogP contribution in [0.5, 0.6) is 0 Å². The van der Waals surface area contributed by atoms with Gasteiger partial charge in [0.2, 0.25) is 0 Å². The molecule has 0 aliphatic heterocycles. The Morgan fingerprint density at radius 2 is 0.794 bits per heavy atom. The second kappa shape index (κ2) is 10.6. The summed E-state index contributed by atoms with van der Waals surface area (Å²) in [6, 6.07) is 37.0. The van der Waals surface area contributed by atoms with Crippen LogP contribution in [-0.2, 0) is 0 Å². The van der Waals surface area contributed by atoms with E-state index in [9.17, 15) is 0 Å². The van der Waals surface area contributed by atoms with Crippen LogP contribution >= 0.6 is 0 Å². The molecule has 0 radical (unpaired) electrons.